The van der Waals surface area contributed by atoms with Crippen LogP contribution in [0.25, 0.3) is 0 Å². The van der Waals surface area contributed by atoms with E-state index in [1.54, 1.807) is 0 Å². The number of hydrogen-bond acceptors (Lipinski definition) is 5. The van der Waals surface area contributed by atoms with E-state index in [9.17, 15) is 14.7 Å². The maximum absolute atomic E-state index is 12.2. The first-order valence-electron chi connectivity index (χ1n) is 25.1. The second-order valence-corrected chi connectivity index (χ2v) is 16.2. The van der Waals surface area contributed by atoms with Gasteiger partial charge in [0.2, 0.25) is 0 Å². The monoisotopic (exact) mass is 857 g/mol. The summed E-state index contributed by atoms with van der Waals surface area (Å²) in [6.45, 7) is 3.99. The molecule has 0 aliphatic rings. The van der Waals surface area contributed by atoms with Crippen molar-refractivity contribution in [1.82, 2.24) is 0 Å². The molecular weight excluding hydrogens is 765 g/mol. The van der Waals surface area contributed by atoms with Crippen LogP contribution < -0.4 is 0 Å². The molecule has 62 heavy (non-hydrogen) atoms. The highest BCUT2D eigenvalue weighted by atomic mass is 16.6. The first-order chi connectivity index (χ1) is 30.6. The van der Waals surface area contributed by atoms with Gasteiger partial charge in [-0.15, -0.1) is 0 Å². The number of carbonyl (C=O) groups is 2. The Morgan fingerprint density at radius 2 is 0.694 bits per heavy atom. The lowest BCUT2D eigenvalue weighted by Crippen LogP contribution is -2.28. The number of allylic oxidation sites excluding steroid dienone is 20. The first-order valence-corrected chi connectivity index (χ1v) is 25.1. The van der Waals surface area contributed by atoms with Crippen LogP contribution in [0.2, 0.25) is 0 Å². The van der Waals surface area contributed by atoms with Gasteiger partial charge in [-0.2, -0.15) is 0 Å². The molecule has 0 aliphatic carbocycles. The summed E-state index contributed by atoms with van der Waals surface area (Å²) in [5, 5.41) is 9.59. The van der Waals surface area contributed by atoms with Crippen molar-refractivity contribution in [3.05, 3.63) is 122 Å². The molecule has 1 N–H and O–H groups in total. The Bertz CT molecular complexity index is 1290. The number of unbranched alkanes of at least 4 members (excludes halogenated alkanes) is 16. The normalized spacial score (nSPS) is 13.3. The van der Waals surface area contributed by atoms with Crippen LogP contribution in [0.5, 0.6) is 0 Å². The second kappa shape index (κ2) is 51.6. The van der Waals surface area contributed by atoms with Gasteiger partial charge in [0.1, 0.15) is 6.61 Å². The van der Waals surface area contributed by atoms with Gasteiger partial charge < -0.3 is 14.6 Å². The minimum atomic E-state index is -0.791. The molecule has 0 aliphatic heterocycles. The first kappa shape index (κ1) is 58.3. The van der Waals surface area contributed by atoms with E-state index in [-0.39, 0.29) is 25.2 Å². The molecule has 0 aromatic rings. The highest BCUT2D eigenvalue weighted by molar-refractivity contribution is 5.70. The Labute approximate surface area is 382 Å². The van der Waals surface area contributed by atoms with Crippen LogP contribution >= 0.6 is 0 Å². The van der Waals surface area contributed by atoms with Crippen LogP contribution in [0.4, 0.5) is 0 Å². The molecule has 0 saturated carbocycles. The third kappa shape index (κ3) is 49.0. The molecule has 0 aromatic heterocycles. The molecule has 1 atom stereocenters. The van der Waals surface area contributed by atoms with Crippen molar-refractivity contribution in [3.8, 4) is 0 Å². The molecule has 0 amide bonds. The zero-order valence-electron chi connectivity index (χ0n) is 39.8. The number of esters is 2. The standard InChI is InChI=1S/C57H92O5/c1-3-5-7-9-11-13-15-17-18-19-20-21-22-23-24-25-26-27-28-29-30-31-32-33-34-35-36-37-38-40-42-44-46-48-50-52-57(60)62-55(53-58)54-61-56(59)51-49-47-45-43-41-39-16-14-12-10-8-6-4-2/h5,7,11,13,17-18,20-21,23-24,26-27,29-30,32-33,35-36,38,40,55,58H,3-4,6,8-10,12,14-16,19,22,25,28,31,34,37,39,41-54H2,1-2H3/b7-5-,13-11-,18-17-,21-20-,24-23-,27-26-,30-29-,33-32-,36-35-,40-38-. The van der Waals surface area contributed by atoms with Gasteiger partial charge in [0.25, 0.3) is 0 Å². The smallest absolute Gasteiger partial charge is 0.306 e. The molecule has 0 rings (SSSR count). The summed E-state index contributed by atoms with van der Waals surface area (Å²) >= 11 is 0. The van der Waals surface area contributed by atoms with Crippen LogP contribution in [0.1, 0.15) is 206 Å². The van der Waals surface area contributed by atoms with Crippen molar-refractivity contribution in [2.45, 2.75) is 213 Å². The molecular formula is C57H92O5. The van der Waals surface area contributed by atoms with E-state index in [2.05, 4.69) is 135 Å². The van der Waals surface area contributed by atoms with Gasteiger partial charge in [0.15, 0.2) is 6.10 Å². The molecule has 0 heterocycles. The minimum Gasteiger partial charge on any atom is -0.462 e. The minimum absolute atomic E-state index is 0.0812. The summed E-state index contributed by atoms with van der Waals surface area (Å²) in [5.74, 6) is -0.626. The van der Waals surface area contributed by atoms with Gasteiger partial charge in [-0.25, -0.2) is 0 Å². The number of carbonyl (C=O) groups excluding carboxylic acids is 2. The van der Waals surface area contributed by atoms with Crippen LogP contribution in [-0.4, -0.2) is 36.4 Å². The summed E-state index contributed by atoms with van der Waals surface area (Å²) in [4.78, 5) is 24.4. The van der Waals surface area contributed by atoms with E-state index in [4.69, 9.17) is 9.47 Å². The molecule has 5 nitrogen and oxygen atoms in total. The van der Waals surface area contributed by atoms with Gasteiger partial charge in [-0.05, 0) is 89.9 Å². The van der Waals surface area contributed by atoms with Gasteiger partial charge in [0, 0.05) is 12.8 Å². The Hall–Kier alpha value is -3.70. The SMILES string of the molecule is CC/C=C\C/C=C\C/C=C\C/C=C\C/C=C\C/C=C\C/C=C\C/C=C\C/C=C\C/C=C\CCCCCCC(=O)OC(CO)COC(=O)CCCCCCCCCCCCCCC. The Morgan fingerprint density at radius 3 is 1.05 bits per heavy atom. The molecule has 0 saturated heterocycles. The number of aliphatic hydroxyl groups excluding tert-OH is 1. The average Bonchev–Trinajstić information content (AvgIpc) is 3.28. The predicted molar refractivity (Wildman–Crippen MR) is 269 cm³/mol. The third-order valence-corrected chi connectivity index (χ3v) is 10.3. The number of aliphatic hydroxyl groups is 1. The van der Waals surface area contributed by atoms with E-state index < -0.39 is 6.10 Å². The average molecular weight is 857 g/mol. The van der Waals surface area contributed by atoms with Gasteiger partial charge in [-0.1, -0.05) is 225 Å². The van der Waals surface area contributed by atoms with Crippen LogP contribution in [-0.2, 0) is 19.1 Å². The summed E-state index contributed by atoms with van der Waals surface area (Å²) in [5.41, 5.74) is 0. The Kier molecular flexibility index (Phi) is 48.6. The molecule has 0 fully saturated rings. The quantitative estimate of drug-likeness (QED) is 0.0375. The lowest BCUT2D eigenvalue weighted by atomic mass is 10.0. The topological polar surface area (TPSA) is 72.8 Å². The third-order valence-electron chi connectivity index (χ3n) is 10.3. The Balaban J connectivity index is 3.67. The molecule has 350 valence electrons. The van der Waals surface area contributed by atoms with Crippen molar-refractivity contribution in [2.75, 3.05) is 13.2 Å². The zero-order valence-corrected chi connectivity index (χ0v) is 39.8. The van der Waals surface area contributed by atoms with Crippen LogP contribution in [0.15, 0.2) is 122 Å². The van der Waals surface area contributed by atoms with Crippen LogP contribution in [0, 0.1) is 0 Å². The number of rotatable bonds is 44. The van der Waals surface area contributed by atoms with E-state index in [1.165, 1.54) is 64.2 Å². The van der Waals surface area contributed by atoms with E-state index in [0.29, 0.717) is 12.8 Å². The van der Waals surface area contributed by atoms with Crippen molar-refractivity contribution in [2.24, 2.45) is 0 Å². The van der Waals surface area contributed by atoms with Crippen molar-refractivity contribution < 1.29 is 24.2 Å². The van der Waals surface area contributed by atoms with Gasteiger partial charge >= 0.3 is 11.9 Å². The number of hydrogen-bond donors (Lipinski definition) is 1. The van der Waals surface area contributed by atoms with Gasteiger partial charge in [0.05, 0.1) is 6.61 Å². The van der Waals surface area contributed by atoms with Crippen molar-refractivity contribution in [1.29, 1.82) is 0 Å². The zero-order chi connectivity index (χ0) is 44.9. The van der Waals surface area contributed by atoms with Gasteiger partial charge in [-0.3, -0.25) is 9.59 Å². The van der Waals surface area contributed by atoms with Crippen LogP contribution in [0.3, 0.4) is 0 Å². The maximum Gasteiger partial charge on any atom is 0.306 e. The predicted octanol–water partition coefficient (Wildman–Crippen LogP) is 16.7. The fraction of sp³-hybridized carbons (Fsp3) is 0.614. The fourth-order valence-corrected chi connectivity index (χ4v) is 6.52. The van der Waals surface area contributed by atoms with E-state index >= 15 is 0 Å². The fourth-order valence-electron chi connectivity index (χ4n) is 6.52. The molecule has 0 aromatic carbocycles. The summed E-state index contributed by atoms with van der Waals surface area (Å²) in [6, 6.07) is 0. The lowest BCUT2D eigenvalue weighted by Gasteiger charge is -2.15. The molecule has 0 spiro atoms. The molecule has 5 heteroatoms. The van der Waals surface area contributed by atoms with Crippen molar-refractivity contribution >= 4 is 11.9 Å². The highest BCUT2D eigenvalue weighted by Gasteiger charge is 2.16. The number of ether oxygens (including phenoxy) is 2. The summed E-state index contributed by atoms with van der Waals surface area (Å²) in [6.07, 6.45) is 75.7. The van der Waals surface area contributed by atoms with E-state index in [0.717, 1.165) is 116 Å². The molecule has 1 unspecified atom stereocenters. The molecule has 0 radical (unpaired) electrons. The van der Waals surface area contributed by atoms with Crippen molar-refractivity contribution in [3.63, 3.8) is 0 Å². The Morgan fingerprint density at radius 1 is 0.387 bits per heavy atom. The highest BCUT2D eigenvalue weighted by Crippen LogP contribution is 2.14. The van der Waals surface area contributed by atoms with E-state index in [1.807, 2.05) is 0 Å². The lowest BCUT2D eigenvalue weighted by molar-refractivity contribution is -0.161. The largest absolute Gasteiger partial charge is 0.462 e. The summed E-state index contributed by atoms with van der Waals surface area (Å²) < 4.78 is 10.6. The second-order valence-electron chi connectivity index (χ2n) is 16.2. The molecule has 0 bridgehead atoms. The maximum atomic E-state index is 12.2. The summed E-state index contributed by atoms with van der Waals surface area (Å²) in [7, 11) is 0.